The second-order valence-electron chi connectivity index (χ2n) is 8.46. The summed E-state index contributed by atoms with van der Waals surface area (Å²) in [5, 5.41) is 0. The Labute approximate surface area is 177 Å². The molecule has 2 fully saturated rings. The van der Waals surface area contributed by atoms with Crippen LogP contribution in [-0.4, -0.2) is 47.7 Å². The summed E-state index contributed by atoms with van der Waals surface area (Å²) in [6.07, 6.45) is 8.12. The molecular weight excluding hydrogens is 383 g/mol. The summed E-state index contributed by atoms with van der Waals surface area (Å²) in [6, 6.07) is 8.04. The second kappa shape index (κ2) is 9.13. The number of nitrogens with zero attached hydrogens (tertiary/aromatic N) is 2. The highest BCUT2D eigenvalue weighted by Crippen LogP contribution is 2.39. The monoisotopic (exact) mass is 412 g/mol. The number of carbonyl (C=O) groups excluding carboxylic acids is 1. The Balaban J connectivity index is 1.27. The average molecular weight is 413 g/mol. The van der Waals surface area contributed by atoms with Gasteiger partial charge in [0.2, 0.25) is 0 Å². The number of piperidine rings is 1. The summed E-state index contributed by atoms with van der Waals surface area (Å²) in [4.78, 5) is 18.9. The molecule has 0 N–H and O–H groups in total. The van der Waals surface area contributed by atoms with Crippen LogP contribution in [-0.2, 0) is 4.74 Å². The van der Waals surface area contributed by atoms with Crippen molar-refractivity contribution >= 4 is 5.91 Å². The third kappa shape index (κ3) is 4.81. The van der Waals surface area contributed by atoms with E-state index < -0.39 is 0 Å². The zero-order chi connectivity index (χ0) is 21.0. The standard InChI is InChI=1S/C24H29FN2O3/c1-18-6-11-26-17-22(18)23(28)27-12-9-24(10-13-27)16-19(8-15-30-24)7-14-29-21-4-2-20(25)3-5-21/h2-6,11,17,19H,7-10,12-16H2,1H3. The van der Waals surface area contributed by atoms with Crippen LogP contribution >= 0.6 is 0 Å². The lowest BCUT2D eigenvalue weighted by Gasteiger charge is -2.46. The molecule has 30 heavy (non-hydrogen) atoms. The van der Waals surface area contributed by atoms with Gasteiger partial charge in [-0.15, -0.1) is 0 Å². The predicted molar refractivity (Wildman–Crippen MR) is 112 cm³/mol. The van der Waals surface area contributed by atoms with Gasteiger partial charge in [-0.1, -0.05) is 0 Å². The molecule has 1 spiro atoms. The van der Waals surface area contributed by atoms with Gasteiger partial charge in [0.15, 0.2) is 0 Å². The number of aryl methyl sites for hydroxylation is 1. The van der Waals surface area contributed by atoms with Gasteiger partial charge < -0.3 is 14.4 Å². The number of pyridine rings is 1. The third-order valence-corrected chi connectivity index (χ3v) is 6.43. The summed E-state index contributed by atoms with van der Waals surface area (Å²) < 4.78 is 25.0. The lowest BCUT2D eigenvalue weighted by atomic mass is 9.78. The number of carbonyl (C=O) groups is 1. The van der Waals surface area contributed by atoms with Gasteiger partial charge >= 0.3 is 0 Å². The molecule has 2 aliphatic rings. The second-order valence-corrected chi connectivity index (χ2v) is 8.46. The lowest BCUT2D eigenvalue weighted by Crippen LogP contribution is -2.51. The maximum atomic E-state index is 13.0. The van der Waals surface area contributed by atoms with E-state index in [0.717, 1.165) is 44.3 Å². The number of hydrogen-bond donors (Lipinski definition) is 0. The Morgan fingerprint density at radius 1 is 1.27 bits per heavy atom. The van der Waals surface area contributed by atoms with Gasteiger partial charge in [0.25, 0.3) is 5.91 Å². The number of aromatic nitrogens is 1. The molecule has 0 bridgehead atoms. The molecule has 3 heterocycles. The molecular formula is C24H29FN2O3. The topological polar surface area (TPSA) is 51.7 Å². The van der Waals surface area contributed by atoms with E-state index in [9.17, 15) is 9.18 Å². The molecule has 4 rings (SSSR count). The fourth-order valence-electron chi connectivity index (χ4n) is 4.57. The highest BCUT2D eigenvalue weighted by atomic mass is 19.1. The Hall–Kier alpha value is -2.47. The van der Waals surface area contributed by atoms with E-state index in [-0.39, 0.29) is 17.3 Å². The molecule has 2 saturated heterocycles. The molecule has 1 atom stereocenters. The van der Waals surface area contributed by atoms with Crippen LogP contribution in [0.4, 0.5) is 4.39 Å². The number of hydrogen-bond acceptors (Lipinski definition) is 4. The molecule has 6 heteroatoms. The van der Waals surface area contributed by atoms with Crippen LogP contribution in [0.3, 0.4) is 0 Å². The van der Waals surface area contributed by atoms with Crippen LogP contribution in [0, 0.1) is 18.7 Å². The first-order valence-electron chi connectivity index (χ1n) is 10.8. The average Bonchev–Trinajstić information content (AvgIpc) is 2.76. The van der Waals surface area contributed by atoms with Crippen molar-refractivity contribution in [1.82, 2.24) is 9.88 Å². The summed E-state index contributed by atoms with van der Waals surface area (Å²) in [5.41, 5.74) is 1.53. The minimum Gasteiger partial charge on any atom is -0.494 e. The van der Waals surface area contributed by atoms with Gasteiger partial charge in [0, 0.05) is 32.1 Å². The molecule has 2 aliphatic heterocycles. The fraction of sp³-hybridized carbons (Fsp3) is 0.500. The Morgan fingerprint density at radius 3 is 2.77 bits per heavy atom. The molecule has 1 amide bonds. The van der Waals surface area contributed by atoms with Gasteiger partial charge in [-0.2, -0.15) is 0 Å². The number of rotatable bonds is 5. The first-order valence-corrected chi connectivity index (χ1v) is 10.8. The number of ether oxygens (including phenoxy) is 2. The van der Waals surface area contributed by atoms with E-state index in [4.69, 9.17) is 9.47 Å². The molecule has 0 radical (unpaired) electrons. The molecule has 1 unspecified atom stereocenters. The number of amides is 1. The Kier molecular flexibility index (Phi) is 6.32. The zero-order valence-electron chi connectivity index (χ0n) is 17.5. The SMILES string of the molecule is Cc1ccncc1C(=O)N1CCC2(CC1)CC(CCOc1ccc(F)cc1)CCO2. The van der Waals surface area contributed by atoms with Crippen LogP contribution in [0.1, 0.15) is 48.0 Å². The Bertz CT molecular complexity index is 863. The van der Waals surface area contributed by atoms with Gasteiger partial charge in [-0.25, -0.2) is 4.39 Å². The summed E-state index contributed by atoms with van der Waals surface area (Å²) in [5.74, 6) is 1.06. The van der Waals surface area contributed by atoms with Crippen LogP contribution < -0.4 is 4.74 Å². The minimum atomic E-state index is -0.253. The van der Waals surface area contributed by atoms with Crippen molar-refractivity contribution in [2.24, 2.45) is 5.92 Å². The van der Waals surface area contributed by atoms with E-state index in [1.807, 2.05) is 17.9 Å². The van der Waals surface area contributed by atoms with Gasteiger partial charge in [-0.05, 0) is 80.8 Å². The van der Waals surface area contributed by atoms with Gasteiger partial charge in [0.1, 0.15) is 11.6 Å². The van der Waals surface area contributed by atoms with Crippen LogP contribution in [0.15, 0.2) is 42.7 Å². The van der Waals surface area contributed by atoms with E-state index >= 15 is 0 Å². The smallest absolute Gasteiger partial charge is 0.255 e. The largest absolute Gasteiger partial charge is 0.494 e. The normalized spacial score (nSPS) is 20.9. The first-order chi connectivity index (χ1) is 14.5. The highest BCUT2D eigenvalue weighted by molar-refractivity contribution is 5.95. The van der Waals surface area contributed by atoms with Gasteiger partial charge in [-0.3, -0.25) is 9.78 Å². The maximum Gasteiger partial charge on any atom is 0.255 e. The molecule has 2 aromatic rings. The summed E-state index contributed by atoms with van der Waals surface area (Å²) in [6.45, 7) is 4.76. The zero-order valence-corrected chi connectivity index (χ0v) is 17.5. The third-order valence-electron chi connectivity index (χ3n) is 6.43. The van der Waals surface area contributed by atoms with Crippen LogP contribution in [0.25, 0.3) is 0 Å². The Morgan fingerprint density at radius 2 is 2.03 bits per heavy atom. The number of likely N-dealkylation sites (tertiary alicyclic amines) is 1. The summed E-state index contributed by atoms with van der Waals surface area (Å²) >= 11 is 0. The first kappa shape index (κ1) is 20.8. The molecule has 5 nitrogen and oxygen atoms in total. The quantitative estimate of drug-likeness (QED) is 0.730. The number of halogens is 1. The van der Waals surface area contributed by atoms with Crippen molar-refractivity contribution in [3.63, 3.8) is 0 Å². The van der Waals surface area contributed by atoms with Crippen molar-refractivity contribution in [3.05, 3.63) is 59.7 Å². The predicted octanol–water partition coefficient (Wildman–Crippen LogP) is 4.40. The molecule has 160 valence electrons. The molecule has 0 saturated carbocycles. The van der Waals surface area contributed by atoms with E-state index in [0.29, 0.717) is 36.9 Å². The number of benzene rings is 1. The van der Waals surface area contributed by atoms with Crippen molar-refractivity contribution in [1.29, 1.82) is 0 Å². The van der Waals surface area contributed by atoms with Gasteiger partial charge in [0.05, 0.1) is 17.8 Å². The molecule has 1 aromatic carbocycles. The van der Waals surface area contributed by atoms with Crippen LogP contribution in [0.5, 0.6) is 5.75 Å². The lowest BCUT2D eigenvalue weighted by molar-refractivity contribution is -0.125. The molecule has 0 aliphatic carbocycles. The molecule has 1 aromatic heterocycles. The summed E-state index contributed by atoms with van der Waals surface area (Å²) in [7, 11) is 0. The van der Waals surface area contributed by atoms with Crippen molar-refractivity contribution in [2.75, 3.05) is 26.3 Å². The minimum absolute atomic E-state index is 0.0653. The highest BCUT2D eigenvalue weighted by Gasteiger charge is 2.41. The fourth-order valence-corrected chi connectivity index (χ4v) is 4.57. The van der Waals surface area contributed by atoms with Crippen molar-refractivity contribution in [2.45, 2.75) is 44.6 Å². The van der Waals surface area contributed by atoms with Crippen molar-refractivity contribution < 1.29 is 18.7 Å². The van der Waals surface area contributed by atoms with E-state index in [1.54, 1.807) is 24.5 Å². The van der Waals surface area contributed by atoms with Crippen LogP contribution in [0.2, 0.25) is 0 Å². The maximum absolute atomic E-state index is 13.0. The van der Waals surface area contributed by atoms with E-state index in [2.05, 4.69) is 4.98 Å². The van der Waals surface area contributed by atoms with E-state index in [1.165, 1.54) is 12.1 Å². The van der Waals surface area contributed by atoms with Crippen molar-refractivity contribution in [3.8, 4) is 5.75 Å².